The van der Waals surface area contributed by atoms with E-state index < -0.39 is 0 Å². The largest absolute Gasteiger partial charge is 0.466 e. The van der Waals surface area contributed by atoms with Crippen LogP contribution in [0.1, 0.15) is 104 Å². The molecule has 0 aromatic rings. The van der Waals surface area contributed by atoms with Gasteiger partial charge in [-0.1, -0.05) is 78.1 Å². The van der Waals surface area contributed by atoms with Crippen LogP contribution in [0.5, 0.6) is 0 Å². The number of carbonyl (C=O) groups is 1. The minimum Gasteiger partial charge on any atom is -0.466 e. The summed E-state index contributed by atoms with van der Waals surface area (Å²) in [5.74, 6) is -0.127. The Hall–Kier alpha value is -0.650. The zero-order valence-electron chi connectivity index (χ0n) is 19.4. The maximum atomic E-state index is 11.4. The van der Waals surface area contributed by atoms with Crippen LogP contribution in [0.2, 0.25) is 0 Å². The van der Waals surface area contributed by atoms with Gasteiger partial charge in [0, 0.05) is 19.6 Å². The highest BCUT2D eigenvalue weighted by Crippen LogP contribution is 2.10. The standard InChI is InChI=1S/C24H48O5/c1-3-5-7-8-9-10-11-12-13-14-17-26-20-22-28-23-21-27-18-15-16-24(25)29-19-6-4-2/h3-23H2,1-2H3. The Morgan fingerprint density at radius 1 is 0.483 bits per heavy atom. The molecule has 0 atom stereocenters. The van der Waals surface area contributed by atoms with Gasteiger partial charge in [0.1, 0.15) is 0 Å². The second-order valence-electron chi connectivity index (χ2n) is 7.70. The van der Waals surface area contributed by atoms with E-state index in [0.29, 0.717) is 52.5 Å². The first kappa shape index (κ1) is 28.4. The van der Waals surface area contributed by atoms with Crippen molar-refractivity contribution in [3.63, 3.8) is 0 Å². The molecule has 0 aromatic carbocycles. The average molecular weight is 417 g/mol. The highest BCUT2D eigenvalue weighted by atomic mass is 16.5. The predicted octanol–water partition coefficient (Wildman–Crippen LogP) is 6.08. The molecule has 0 rings (SSSR count). The van der Waals surface area contributed by atoms with Crippen molar-refractivity contribution in [3.05, 3.63) is 0 Å². The summed E-state index contributed by atoms with van der Waals surface area (Å²) in [5, 5.41) is 0. The van der Waals surface area contributed by atoms with Gasteiger partial charge in [-0.25, -0.2) is 0 Å². The molecule has 0 unspecified atom stereocenters. The number of ether oxygens (including phenoxy) is 4. The SMILES string of the molecule is CCCCCCCCCCCCOCCOCCOCCCC(=O)OCCCC. The molecule has 0 bridgehead atoms. The minimum atomic E-state index is -0.127. The first-order chi connectivity index (χ1) is 14.3. The molecule has 0 aliphatic heterocycles. The van der Waals surface area contributed by atoms with Crippen LogP contribution in [0.3, 0.4) is 0 Å². The average Bonchev–Trinajstić information content (AvgIpc) is 2.72. The van der Waals surface area contributed by atoms with E-state index in [1.807, 2.05) is 0 Å². The first-order valence-corrected chi connectivity index (χ1v) is 12.2. The first-order valence-electron chi connectivity index (χ1n) is 12.2. The Kier molecular flexibility index (Phi) is 24.8. The quantitative estimate of drug-likeness (QED) is 0.141. The second-order valence-corrected chi connectivity index (χ2v) is 7.70. The Morgan fingerprint density at radius 2 is 0.931 bits per heavy atom. The topological polar surface area (TPSA) is 54.0 Å². The number of hydrogen-bond donors (Lipinski definition) is 0. The highest BCUT2D eigenvalue weighted by molar-refractivity contribution is 5.69. The monoisotopic (exact) mass is 416 g/mol. The van der Waals surface area contributed by atoms with Crippen LogP contribution >= 0.6 is 0 Å². The summed E-state index contributed by atoms with van der Waals surface area (Å²) < 4.78 is 21.6. The molecule has 174 valence electrons. The second kappa shape index (κ2) is 25.4. The zero-order chi connectivity index (χ0) is 21.3. The third-order valence-corrected chi connectivity index (χ3v) is 4.82. The van der Waals surface area contributed by atoms with Crippen LogP contribution in [-0.2, 0) is 23.7 Å². The van der Waals surface area contributed by atoms with Crippen molar-refractivity contribution < 1.29 is 23.7 Å². The summed E-state index contributed by atoms with van der Waals surface area (Å²) in [4.78, 5) is 11.4. The normalized spacial score (nSPS) is 11.1. The number of esters is 1. The summed E-state index contributed by atoms with van der Waals surface area (Å²) in [5.41, 5.74) is 0. The Bertz CT molecular complexity index is 322. The minimum absolute atomic E-state index is 0.127. The number of hydrogen-bond acceptors (Lipinski definition) is 5. The molecule has 0 saturated heterocycles. The van der Waals surface area contributed by atoms with Gasteiger partial charge >= 0.3 is 5.97 Å². The van der Waals surface area contributed by atoms with Crippen LogP contribution < -0.4 is 0 Å². The van der Waals surface area contributed by atoms with Crippen LogP contribution in [0.15, 0.2) is 0 Å². The van der Waals surface area contributed by atoms with Gasteiger partial charge in [0.05, 0.1) is 33.0 Å². The summed E-state index contributed by atoms with van der Waals surface area (Å²) in [6.07, 6.45) is 16.6. The van der Waals surface area contributed by atoms with Gasteiger partial charge in [-0.05, 0) is 19.3 Å². The fourth-order valence-corrected chi connectivity index (χ4v) is 2.95. The fraction of sp³-hybridized carbons (Fsp3) is 0.958. The van der Waals surface area contributed by atoms with E-state index in [4.69, 9.17) is 18.9 Å². The molecule has 0 aliphatic rings. The molecule has 0 radical (unpaired) electrons. The predicted molar refractivity (Wildman–Crippen MR) is 119 cm³/mol. The Balaban J connectivity index is 3.06. The molecule has 0 saturated carbocycles. The zero-order valence-corrected chi connectivity index (χ0v) is 19.4. The van der Waals surface area contributed by atoms with E-state index in [1.54, 1.807) is 0 Å². The van der Waals surface area contributed by atoms with Gasteiger partial charge in [0.25, 0.3) is 0 Å². The molecule has 0 heterocycles. The number of carbonyl (C=O) groups excluding carboxylic acids is 1. The molecule has 0 aromatic heterocycles. The van der Waals surface area contributed by atoms with Gasteiger partial charge in [0.15, 0.2) is 0 Å². The van der Waals surface area contributed by atoms with Gasteiger partial charge < -0.3 is 18.9 Å². The van der Waals surface area contributed by atoms with Crippen molar-refractivity contribution in [2.24, 2.45) is 0 Å². The maximum absolute atomic E-state index is 11.4. The summed E-state index contributed by atoms with van der Waals surface area (Å²) >= 11 is 0. The van der Waals surface area contributed by atoms with Crippen molar-refractivity contribution in [1.82, 2.24) is 0 Å². The van der Waals surface area contributed by atoms with Gasteiger partial charge in [-0.15, -0.1) is 0 Å². The maximum Gasteiger partial charge on any atom is 0.305 e. The van der Waals surface area contributed by atoms with Crippen molar-refractivity contribution in [3.8, 4) is 0 Å². The number of unbranched alkanes of at least 4 members (excludes halogenated alkanes) is 10. The Labute approximate surface area is 180 Å². The molecule has 5 heteroatoms. The Morgan fingerprint density at radius 3 is 1.48 bits per heavy atom. The molecule has 29 heavy (non-hydrogen) atoms. The summed E-state index contributed by atoms with van der Waals surface area (Å²) in [7, 11) is 0. The van der Waals surface area contributed by atoms with E-state index in [0.717, 1.165) is 25.9 Å². The third-order valence-electron chi connectivity index (χ3n) is 4.82. The fourth-order valence-electron chi connectivity index (χ4n) is 2.95. The lowest BCUT2D eigenvalue weighted by Crippen LogP contribution is -2.11. The van der Waals surface area contributed by atoms with Crippen molar-refractivity contribution in [2.75, 3.05) is 46.2 Å². The molecular weight excluding hydrogens is 368 g/mol. The van der Waals surface area contributed by atoms with Crippen LogP contribution in [-0.4, -0.2) is 52.2 Å². The number of rotatable bonds is 24. The van der Waals surface area contributed by atoms with E-state index in [-0.39, 0.29) is 5.97 Å². The smallest absolute Gasteiger partial charge is 0.305 e. The molecule has 0 fully saturated rings. The molecule has 0 aliphatic carbocycles. The van der Waals surface area contributed by atoms with Crippen molar-refractivity contribution in [1.29, 1.82) is 0 Å². The van der Waals surface area contributed by atoms with Crippen LogP contribution in [0.25, 0.3) is 0 Å². The molecule has 0 amide bonds. The lowest BCUT2D eigenvalue weighted by Gasteiger charge is -2.07. The van der Waals surface area contributed by atoms with E-state index >= 15 is 0 Å². The lowest BCUT2D eigenvalue weighted by molar-refractivity contribution is -0.144. The van der Waals surface area contributed by atoms with Gasteiger partial charge in [-0.3, -0.25) is 4.79 Å². The highest BCUT2D eigenvalue weighted by Gasteiger charge is 2.02. The molecule has 0 N–H and O–H groups in total. The van der Waals surface area contributed by atoms with Gasteiger partial charge in [0.2, 0.25) is 0 Å². The van der Waals surface area contributed by atoms with E-state index in [2.05, 4.69) is 13.8 Å². The molecule has 0 spiro atoms. The van der Waals surface area contributed by atoms with Crippen LogP contribution in [0.4, 0.5) is 0 Å². The van der Waals surface area contributed by atoms with Gasteiger partial charge in [-0.2, -0.15) is 0 Å². The van der Waals surface area contributed by atoms with E-state index in [9.17, 15) is 4.79 Å². The summed E-state index contributed by atoms with van der Waals surface area (Å²) in [6.45, 7) is 8.69. The molecular formula is C24H48O5. The van der Waals surface area contributed by atoms with Crippen LogP contribution in [0, 0.1) is 0 Å². The molecule has 5 nitrogen and oxygen atoms in total. The lowest BCUT2D eigenvalue weighted by atomic mass is 10.1. The van der Waals surface area contributed by atoms with Crippen molar-refractivity contribution >= 4 is 5.97 Å². The van der Waals surface area contributed by atoms with E-state index in [1.165, 1.54) is 57.8 Å². The summed E-state index contributed by atoms with van der Waals surface area (Å²) in [6, 6.07) is 0. The van der Waals surface area contributed by atoms with Crippen molar-refractivity contribution in [2.45, 2.75) is 104 Å². The third kappa shape index (κ3) is 25.3.